The zero-order chi connectivity index (χ0) is 14.2. The molecule has 1 fully saturated rings. The monoisotopic (exact) mass is 322 g/mol. The second-order valence-corrected chi connectivity index (χ2v) is 7.19. The van der Waals surface area contributed by atoms with Crippen molar-refractivity contribution in [3.05, 3.63) is 27.7 Å². The second-order valence-electron chi connectivity index (χ2n) is 4.52. The van der Waals surface area contributed by atoms with Gasteiger partial charge < -0.3 is 5.73 Å². The topological polar surface area (TPSA) is 63.4 Å². The maximum atomic E-state index is 12.6. The van der Waals surface area contributed by atoms with E-state index in [1.807, 2.05) is 6.92 Å². The van der Waals surface area contributed by atoms with Crippen LogP contribution in [0.1, 0.15) is 25.3 Å². The number of benzene rings is 1. The third kappa shape index (κ3) is 2.90. The molecular weight excluding hydrogens is 307 g/mol. The van der Waals surface area contributed by atoms with Crippen molar-refractivity contribution in [1.82, 2.24) is 4.31 Å². The van der Waals surface area contributed by atoms with Gasteiger partial charge in [0, 0.05) is 24.2 Å². The van der Waals surface area contributed by atoms with Crippen molar-refractivity contribution in [3.8, 4) is 0 Å². The summed E-state index contributed by atoms with van der Waals surface area (Å²) in [5.74, 6) is 0. The number of halogens is 2. The molecule has 19 heavy (non-hydrogen) atoms. The van der Waals surface area contributed by atoms with E-state index < -0.39 is 10.0 Å². The number of nitrogens with two attached hydrogens (primary N) is 1. The van der Waals surface area contributed by atoms with E-state index >= 15 is 0 Å². The lowest BCUT2D eigenvalue weighted by molar-refractivity contribution is 0.421. The quantitative estimate of drug-likeness (QED) is 0.906. The fourth-order valence-electron chi connectivity index (χ4n) is 2.07. The molecule has 0 amide bonds. The van der Waals surface area contributed by atoms with Gasteiger partial charge in [-0.1, -0.05) is 30.1 Å². The summed E-state index contributed by atoms with van der Waals surface area (Å²) < 4.78 is 26.7. The minimum atomic E-state index is -3.61. The van der Waals surface area contributed by atoms with E-state index in [4.69, 9.17) is 28.9 Å². The van der Waals surface area contributed by atoms with Crippen LogP contribution in [0, 0.1) is 0 Å². The van der Waals surface area contributed by atoms with Crippen molar-refractivity contribution in [3.63, 3.8) is 0 Å². The Balaban J connectivity index is 2.53. The Morgan fingerprint density at radius 2 is 2.00 bits per heavy atom. The molecule has 2 N–H and O–H groups in total. The van der Waals surface area contributed by atoms with Gasteiger partial charge in [0.05, 0.1) is 5.02 Å². The Bertz CT molecular complexity index is 586. The van der Waals surface area contributed by atoms with Crippen molar-refractivity contribution in [1.29, 1.82) is 0 Å². The molecule has 106 valence electrons. The Hall–Kier alpha value is -0.330. The molecule has 1 saturated carbocycles. The molecule has 0 saturated heterocycles. The number of hydrogen-bond donors (Lipinski definition) is 1. The molecule has 0 unspecified atom stereocenters. The molecule has 0 spiro atoms. The molecule has 4 nitrogen and oxygen atoms in total. The zero-order valence-corrected chi connectivity index (χ0v) is 12.9. The second kappa shape index (κ2) is 5.58. The van der Waals surface area contributed by atoms with Crippen LogP contribution in [0.5, 0.6) is 0 Å². The molecule has 0 radical (unpaired) electrons. The molecule has 0 bridgehead atoms. The van der Waals surface area contributed by atoms with Gasteiger partial charge in [-0.05, 0) is 30.5 Å². The first-order valence-electron chi connectivity index (χ1n) is 6.11. The zero-order valence-electron chi connectivity index (χ0n) is 10.6. The van der Waals surface area contributed by atoms with Crippen molar-refractivity contribution in [2.45, 2.75) is 37.2 Å². The van der Waals surface area contributed by atoms with Gasteiger partial charge in [0.1, 0.15) is 4.90 Å². The Labute approximate surface area is 123 Å². The van der Waals surface area contributed by atoms with Crippen molar-refractivity contribution in [2.24, 2.45) is 5.73 Å². The maximum absolute atomic E-state index is 12.6. The number of rotatable bonds is 5. The van der Waals surface area contributed by atoms with Crippen LogP contribution in [0.25, 0.3) is 0 Å². The molecule has 2 rings (SSSR count). The fourth-order valence-corrected chi connectivity index (χ4v) is 4.68. The van der Waals surface area contributed by atoms with Crippen molar-refractivity contribution < 1.29 is 8.42 Å². The third-order valence-electron chi connectivity index (χ3n) is 3.15. The van der Waals surface area contributed by atoms with Gasteiger partial charge >= 0.3 is 0 Å². The average Bonchev–Trinajstić information content (AvgIpc) is 3.16. The summed E-state index contributed by atoms with van der Waals surface area (Å²) in [6.45, 7) is 2.39. The van der Waals surface area contributed by atoms with E-state index in [-0.39, 0.29) is 22.5 Å². The molecule has 0 aromatic heterocycles. The van der Waals surface area contributed by atoms with E-state index in [0.717, 1.165) is 12.8 Å². The summed E-state index contributed by atoms with van der Waals surface area (Å²) >= 11 is 12.1. The predicted molar refractivity (Wildman–Crippen MR) is 76.9 cm³/mol. The molecule has 1 aromatic carbocycles. The summed E-state index contributed by atoms with van der Waals surface area (Å²) in [5.41, 5.74) is 6.10. The van der Waals surface area contributed by atoms with Crippen LogP contribution in [0.3, 0.4) is 0 Å². The van der Waals surface area contributed by atoms with Crippen LogP contribution < -0.4 is 5.73 Å². The molecule has 0 atom stereocenters. The van der Waals surface area contributed by atoms with Crippen molar-refractivity contribution >= 4 is 33.2 Å². The van der Waals surface area contributed by atoms with Gasteiger partial charge in [-0.15, -0.1) is 0 Å². The van der Waals surface area contributed by atoms with Gasteiger partial charge in [-0.2, -0.15) is 4.31 Å². The number of nitrogens with zero attached hydrogens (tertiary/aromatic N) is 1. The van der Waals surface area contributed by atoms with E-state index in [1.165, 1.54) is 10.4 Å². The lowest BCUT2D eigenvalue weighted by Crippen LogP contribution is -2.33. The summed E-state index contributed by atoms with van der Waals surface area (Å²) in [5, 5.41) is 0.501. The SMILES string of the molecule is CCN(C1CC1)S(=O)(=O)c1cc(Cl)cc(CN)c1Cl. The van der Waals surface area contributed by atoms with Crippen LogP contribution >= 0.6 is 23.2 Å². The van der Waals surface area contributed by atoms with E-state index in [2.05, 4.69) is 0 Å². The highest BCUT2D eigenvalue weighted by molar-refractivity contribution is 7.89. The highest BCUT2D eigenvalue weighted by Crippen LogP contribution is 2.36. The maximum Gasteiger partial charge on any atom is 0.244 e. The molecule has 7 heteroatoms. The standard InChI is InChI=1S/C12H16Cl2N2O2S/c1-2-16(10-3-4-10)19(17,18)11-6-9(13)5-8(7-15)12(11)14/h5-6,10H,2-4,7,15H2,1H3. The van der Waals surface area contributed by atoms with E-state index in [0.29, 0.717) is 17.1 Å². The van der Waals surface area contributed by atoms with Gasteiger partial charge in [0.25, 0.3) is 0 Å². The number of hydrogen-bond acceptors (Lipinski definition) is 3. The Morgan fingerprint density at radius 3 is 2.47 bits per heavy atom. The molecule has 1 aliphatic carbocycles. The highest BCUT2D eigenvalue weighted by atomic mass is 35.5. The largest absolute Gasteiger partial charge is 0.326 e. The van der Waals surface area contributed by atoms with Gasteiger partial charge in [-0.25, -0.2) is 8.42 Å². The normalized spacial score (nSPS) is 16.1. The lowest BCUT2D eigenvalue weighted by Gasteiger charge is -2.21. The lowest BCUT2D eigenvalue weighted by atomic mass is 10.2. The van der Waals surface area contributed by atoms with Crippen LogP contribution in [0.15, 0.2) is 17.0 Å². The fraction of sp³-hybridized carbons (Fsp3) is 0.500. The van der Waals surface area contributed by atoms with Crippen LogP contribution in [0.4, 0.5) is 0 Å². The molecule has 1 aliphatic rings. The van der Waals surface area contributed by atoms with Crippen LogP contribution in [-0.2, 0) is 16.6 Å². The van der Waals surface area contributed by atoms with Crippen molar-refractivity contribution in [2.75, 3.05) is 6.54 Å². The first-order chi connectivity index (χ1) is 8.91. The smallest absolute Gasteiger partial charge is 0.244 e. The molecular formula is C12H16Cl2N2O2S. The van der Waals surface area contributed by atoms with E-state index in [9.17, 15) is 8.42 Å². The Kier molecular flexibility index (Phi) is 4.42. The molecule has 0 heterocycles. The first-order valence-corrected chi connectivity index (χ1v) is 8.31. The minimum Gasteiger partial charge on any atom is -0.326 e. The Morgan fingerprint density at radius 1 is 1.37 bits per heavy atom. The molecule has 1 aromatic rings. The highest BCUT2D eigenvalue weighted by Gasteiger charge is 2.38. The summed E-state index contributed by atoms with van der Waals surface area (Å²) in [6.07, 6.45) is 1.80. The first kappa shape index (κ1) is 15.1. The summed E-state index contributed by atoms with van der Waals surface area (Å²) in [4.78, 5) is 0.0517. The summed E-state index contributed by atoms with van der Waals surface area (Å²) in [7, 11) is -3.61. The predicted octanol–water partition coefficient (Wildman–Crippen LogP) is 2.63. The van der Waals surface area contributed by atoms with Gasteiger partial charge in [-0.3, -0.25) is 0 Å². The molecule has 0 aliphatic heterocycles. The summed E-state index contributed by atoms with van der Waals surface area (Å²) in [6, 6.07) is 3.08. The van der Waals surface area contributed by atoms with Gasteiger partial charge in [0.15, 0.2) is 0 Å². The van der Waals surface area contributed by atoms with Gasteiger partial charge in [0.2, 0.25) is 10.0 Å². The van der Waals surface area contributed by atoms with E-state index in [1.54, 1.807) is 6.07 Å². The number of sulfonamides is 1. The van der Waals surface area contributed by atoms with Crippen LogP contribution in [-0.4, -0.2) is 25.3 Å². The third-order valence-corrected chi connectivity index (χ3v) is 5.98. The average molecular weight is 323 g/mol. The van der Waals surface area contributed by atoms with Crippen LogP contribution in [0.2, 0.25) is 10.0 Å². The minimum absolute atomic E-state index is 0.0517.